The summed E-state index contributed by atoms with van der Waals surface area (Å²) in [7, 11) is -3.32. The molecule has 0 atom stereocenters. The minimum atomic E-state index is -3.32. The maximum Gasteiger partial charge on any atom is 0.312 e. The van der Waals surface area contributed by atoms with Crippen molar-refractivity contribution in [3.05, 3.63) is 36.2 Å². The molecule has 2 aromatic rings. The van der Waals surface area contributed by atoms with E-state index in [4.69, 9.17) is 10.2 Å². The normalized spacial score (nSPS) is 11.5. The van der Waals surface area contributed by atoms with E-state index in [0.29, 0.717) is 0 Å². The number of rotatable bonds is 4. The molecule has 0 spiro atoms. The van der Waals surface area contributed by atoms with Gasteiger partial charge < -0.3 is 10.2 Å². The lowest BCUT2D eigenvalue weighted by Gasteiger charge is -2.01. The first-order chi connectivity index (χ1) is 8.08. The van der Waals surface area contributed by atoms with Crippen molar-refractivity contribution in [1.82, 2.24) is 10.2 Å². The van der Waals surface area contributed by atoms with Crippen LogP contribution in [0.5, 0.6) is 0 Å². The van der Waals surface area contributed by atoms with E-state index < -0.39 is 9.84 Å². The summed E-state index contributed by atoms with van der Waals surface area (Å²) in [6.07, 6.45) is 0.154. The van der Waals surface area contributed by atoms with Crippen molar-refractivity contribution in [2.45, 2.75) is 11.3 Å². The quantitative estimate of drug-likeness (QED) is 0.859. The molecule has 17 heavy (non-hydrogen) atoms. The van der Waals surface area contributed by atoms with Gasteiger partial charge in [-0.3, -0.25) is 0 Å². The van der Waals surface area contributed by atoms with Crippen LogP contribution in [0, 0.1) is 0 Å². The van der Waals surface area contributed by atoms with Crippen molar-refractivity contribution in [3.8, 4) is 0 Å². The van der Waals surface area contributed by atoms with E-state index in [1.165, 1.54) is 0 Å². The smallest absolute Gasteiger partial charge is 0.312 e. The van der Waals surface area contributed by atoms with Gasteiger partial charge in [0.2, 0.25) is 5.89 Å². The second-order valence-corrected chi connectivity index (χ2v) is 5.53. The van der Waals surface area contributed by atoms with E-state index in [0.717, 1.165) is 0 Å². The molecule has 2 rings (SSSR count). The van der Waals surface area contributed by atoms with Crippen LogP contribution in [0.4, 0.5) is 6.01 Å². The van der Waals surface area contributed by atoms with Crippen LogP contribution in [-0.2, 0) is 16.3 Å². The molecule has 0 unspecified atom stereocenters. The van der Waals surface area contributed by atoms with Gasteiger partial charge in [-0.15, -0.1) is 5.10 Å². The van der Waals surface area contributed by atoms with Gasteiger partial charge in [0.05, 0.1) is 10.6 Å². The van der Waals surface area contributed by atoms with E-state index in [9.17, 15) is 8.42 Å². The SMILES string of the molecule is Nc1nnc(CCS(=O)(=O)c2ccccc2)o1. The van der Waals surface area contributed by atoms with Crippen molar-refractivity contribution in [2.75, 3.05) is 11.5 Å². The van der Waals surface area contributed by atoms with Gasteiger partial charge in [-0.05, 0) is 12.1 Å². The molecule has 0 saturated carbocycles. The zero-order valence-corrected chi connectivity index (χ0v) is 9.72. The van der Waals surface area contributed by atoms with Crippen LogP contribution in [0.3, 0.4) is 0 Å². The zero-order chi connectivity index (χ0) is 12.3. The number of aryl methyl sites for hydroxylation is 1. The third-order valence-electron chi connectivity index (χ3n) is 2.17. The Hall–Kier alpha value is -1.89. The van der Waals surface area contributed by atoms with Gasteiger partial charge in [-0.1, -0.05) is 23.3 Å². The highest BCUT2D eigenvalue weighted by molar-refractivity contribution is 7.91. The van der Waals surface area contributed by atoms with Crippen LogP contribution in [0.2, 0.25) is 0 Å². The third-order valence-corrected chi connectivity index (χ3v) is 3.90. The summed E-state index contributed by atoms with van der Waals surface area (Å²) in [6, 6.07) is 8.17. The van der Waals surface area contributed by atoms with Gasteiger partial charge >= 0.3 is 6.01 Å². The number of hydrogen-bond donors (Lipinski definition) is 1. The minimum absolute atomic E-state index is 0.0582. The Labute approximate surface area is 98.4 Å². The molecule has 0 bridgehead atoms. The Bertz CT molecular complexity index is 592. The Kier molecular flexibility index (Phi) is 3.10. The Balaban J connectivity index is 2.09. The molecule has 6 nitrogen and oxygen atoms in total. The molecule has 0 radical (unpaired) electrons. The summed E-state index contributed by atoms with van der Waals surface area (Å²) in [5, 5.41) is 7.06. The van der Waals surface area contributed by atoms with Gasteiger partial charge in [0.1, 0.15) is 0 Å². The Morgan fingerprint density at radius 1 is 1.18 bits per heavy atom. The van der Waals surface area contributed by atoms with E-state index in [2.05, 4.69) is 10.2 Å². The summed E-state index contributed by atoms with van der Waals surface area (Å²) in [6.45, 7) is 0. The lowest BCUT2D eigenvalue weighted by atomic mass is 10.4. The molecule has 1 heterocycles. The largest absolute Gasteiger partial charge is 0.408 e. The van der Waals surface area contributed by atoms with Gasteiger partial charge in [0.25, 0.3) is 0 Å². The highest BCUT2D eigenvalue weighted by atomic mass is 32.2. The number of nitrogens with zero attached hydrogens (tertiary/aromatic N) is 2. The topological polar surface area (TPSA) is 99.1 Å². The van der Waals surface area contributed by atoms with E-state index in [1.54, 1.807) is 30.3 Å². The first kappa shape index (κ1) is 11.6. The number of anilines is 1. The maximum atomic E-state index is 11.9. The monoisotopic (exact) mass is 253 g/mol. The molecule has 90 valence electrons. The number of aromatic nitrogens is 2. The van der Waals surface area contributed by atoms with Crippen LogP contribution in [0.25, 0.3) is 0 Å². The first-order valence-corrected chi connectivity index (χ1v) is 6.59. The van der Waals surface area contributed by atoms with Crippen molar-refractivity contribution in [1.29, 1.82) is 0 Å². The van der Waals surface area contributed by atoms with Gasteiger partial charge in [-0.2, -0.15) is 0 Å². The minimum Gasteiger partial charge on any atom is -0.408 e. The molecule has 0 aliphatic carbocycles. The molecular weight excluding hydrogens is 242 g/mol. The molecule has 2 N–H and O–H groups in total. The average Bonchev–Trinajstić information content (AvgIpc) is 2.74. The molecular formula is C10H11N3O3S. The molecule has 7 heteroatoms. The highest BCUT2D eigenvalue weighted by Crippen LogP contribution is 2.12. The predicted octanol–water partition coefficient (Wildman–Crippen LogP) is 0.668. The summed E-state index contributed by atoms with van der Waals surface area (Å²) < 4.78 is 28.7. The van der Waals surface area contributed by atoms with Gasteiger partial charge in [0.15, 0.2) is 9.84 Å². The number of nitrogens with two attached hydrogens (primary N) is 1. The van der Waals surface area contributed by atoms with Crippen molar-refractivity contribution < 1.29 is 12.8 Å². The van der Waals surface area contributed by atoms with E-state index in [1.807, 2.05) is 0 Å². The van der Waals surface area contributed by atoms with Crippen LogP contribution in [0.1, 0.15) is 5.89 Å². The Morgan fingerprint density at radius 2 is 1.88 bits per heavy atom. The van der Waals surface area contributed by atoms with Gasteiger partial charge in [-0.25, -0.2) is 8.42 Å². The number of nitrogen functional groups attached to an aromatic ring is 1. The molecule has 0 aliphatic rings. The fourth-order valence-electron chi connectivity index (χ4n) is 1.33. The summed E-state index contributed by atoms with van der Waals surface area (Å²) in [5.74, 6) is 0.139. The van der Waals surface area contributed by atoms with Crippen LogP contribution < -0.4 is 5.73 Å². The number of sulfone groups is 1. The summed E-state index contributed by atoms with van der Waals surface area (Å²) in [5.41, 5.74) is 5.24. The first-order valence-electron chi connectivity index (χ1n) is 4.93. The molecule has 0 amide bonds. The van der Waals surface area contributed by atoms with E-state index >= 15 is 0 Å². The van der Waals surface area contributed by atoms with Crippen LogP contribution in [-0.4, -0.2) is 24.4 Å². The number of hydrogen-bond acceptors (Lipinski definition) is 6. The van der Waals surface area contributed by atoms with Crippen molar-refractivity contribution in [2.24, 2.45) is 0 Å². The third kappa shape index (κ3) is 2.82. The van der Waals surface area contributed by atoms with Crippen molar-refractivity contribution >= 4 is 15.9 Å². The van der Waals surface area contributed by atoms with Crippen molar-refractivity contribution in [3.63, 3.8) is 0 Å². The predicted molar refractivity (Wildman–Crippen MR) is 60.9 cm³/mol. The molecule has 0 fully saturated rings. The standard InChI is InChI=1S/C10H11N3O3S/c11-10-13-12-9(16-10)6-7-17(14,15)8-4-2-1-3-5-8/h1-5H,6-7H2,(H2,11,13). The Morgan fingerprint density at radius 3 is 2.47 bits per heavy atom. The summed E-state index contributed by atoms with van der Waals surface area (Å²) in [4.78, 5) is 0.285. The second kappa shape index (κ2) is 4.54. The number of benzene rings is 1. The fourth-order valence-corrected chi connectivity index (χ4v) is 2.59. The van der Waals surface area contributed by atoms with Crippen LogP contribution >= 0.6 is 0 Å². The second-order valence-electron chi connectivity index (χ2n) is 3.42. The average molecular weight is 253 g/mol. The molecule has 1 aromatic carbocycles. The van der Waals surface area contributed by atoms with Gasteiger partial charge in [0, 0.05) is 6.42 Å². The maximum absolute atomic E-state index is 11.9. The lowest BCUT2D eigenvalue weighted by molar-refractivity contribution is 0.514. The fraction of sp³-hybridized carbons (Fsp3) is 0.200. The lowest BCUT2D eigenvalue weighted by Crippen LogP contribution is -2.09. The highest BCUT2D eigenvalue weighted by Gasteiger charge is 2.15. The summed E-state index contributed by atoms with van der Waals surface area (Å²) >= 11 is 0. The molecule has 1 aromatic heterocycles. The van der Waals surface area contributed by atoms with E-state index in [-0.39, 0.29) is 29.0 Å². The zero-order valence-electron chi connectivity index (χ0n) is 8.91. The van der Waals surface area contributed by atoms with Crippen LogP contribution in [0.15, 0.2) is 39.6 Å². The molecule has 0 saturated heterocycles. The molecule has 0 aliphatic heterocycles.